The lowest BCUT2D eigenvalue weighted by Gasteiger charge is -2.11. The van der Waals surface area contributed by atoms with Gasteiger partial charge in [-0.05, 0) is 18.2 Å². The molecule has 5 nitrogen and oxygen atoms in total. The van der Waals surface area contributed by atoms with Gasteiger partial charge in [0.25, 0.3) is 0 Å². The maximum Gasteiger partial charge on any atom is 0.0944 e. The summed E-state index contributed by atoms with van der Waals surface area (Å²) < 4.78 is 1.85. The average molecular weight is 285 g/mol. The van der Waals surface area contributed by atoms with Crippen LogP contribution in [0.2, 0.25) is 0 Å². The van der Waals surface area contributed by atoms with E-state index in [1.54, 1.807) is 17.5 Å². The number of nitrogens with one attached hydrogen (secondary N) is 1. The van der Waals surface area contributed by atoms with Gasteiger partial charge in [-0.15, -0.1) is 11.3 Å². The SMILES string of the molecule is NNC(Cc1nccs1)c1ccn(-c2ccccc2)n1. The van der Waals surface area contributed by atoms with Crippen LogP contribution in [0.3, 0.4) is 0 Å². The van der Waals surface area contributed by atoms with Gasteiger partial charge in [-0.3, -0.25) is 11.3 Å². The van der Waals surface area contributed by atoms with E-state index < -0.39 is 0 Å². The van der Waals surface area contributed by atoms with Gasteiger partial charge in [-0.1, -0.05) is 18.2 Å². The first-order valence-electron chi connectivity index (χ1n) is 6.32. The first-order valence-corrected chi connectivity index (χ1v) is 7.20. The van der Waals surface area contributed by atoms with Crippen molar-refractivity contribution in [2.75, 3.05) is 0 Å². The zero-order valence-corrected chi connectivity index (χ0v) is 11.6. The third kappa shape index (κ3) is 2.77. The molecule has 0 radical (unpaired) electrons. The fraction of sp³-hybridized carbons (Fsp3) is 0.143. The smallest absolute Gasteiger partial charge is 0.0944 e. The van der Waals surface area contributed by atoms with E-state index in [1.165, 1.54) is 0 Å². The summed E-state index contributed by atoms with van der Waals surface area (Å²) in [6, 6.07) is 11.9. The predicted molar refractivity (Wildman–Crippen MR) is 79.4 cm³/mol. The Morgan fingerprint density at radius 3 is 2.80 bits per heavy atom. The minimum Gasteiger partial charge on any atom is -0.271 e. The Balaban J connectivity index is 1.81. The van der Waals surface area contributed by atoms with E-state index in [0.717, 1.165) is 22.8 Å². The number of hydrogen-bond acceptors (Lipinski definition) is 5. The molecule has 0 spiro atoms. The minimum atomic E-state index is -0.0360. The molecule has 1 unspecified atom stereocenters. The molecular formula is C14H15N5S. The highest BCUT2D eigenvalue weighted by Gasteiger charge is 2.15. The third-order valence-electron chi connectivity index (χ3n) is 3.05. The zero-order chi connectivity index (χ0) is 13.8. The number of nitrogens with two attached hydrogens (primary N) is 1. The molecule has 2 heterocycles. The zero-order valence-electron chi connectivity index (χ0n) is 10.8. The van der Waals surface area contributed by atoms with E-state index in [0.29, 0.717) is 0 Å². The normalized spacial score (nSPS) is 12.4. The molecule has 6 heteroatoms. The van der Waals surface area contributed by atoms with Crippen molar-refractivity contribution < 1.29 is 0 Å². The molecule has 3 rings (SSSR count). The summed E-state index contributed by atoms with van der Waals surface area (Å²) in [6.07, 6.45) is 4.48. The summed E-state index contributed by atoms with van der Waals surface area (Å²) in [6.45, 7) is 0. The Morgan fingerprint density at radius 1 is 1.25 bits per heavy atom. The third-order valence-corrected chi connectivity index (χ3v) is 3.85. The van der Waals surface area contributed by atoms with Crippen LogP contribution in [0.15, 0.2) is 54.2 Å². The highest BCUT2D eigenvalue weighted by atomic mass is 32.1. The molecule has 1 atom stereocenters. The van der Waals surface area contributed by atoms with Crippen LogP contribution < -0.4 is 11.3 Å². The Kier molecular flexibility index (Phi) is 3.87. The first-order chi connectivity index (χ1) is 9.86. The van der Waals surface area contributed by atoms with E-state index in [1.807, 2.05) is 52.7 Å². The van der Waals surface area contributed by atoms with E-state index in [9.17, 15) is 0 Å². The van der Waals surface area contributed by atoms with Crippen molar-refractivity contribution in [3.63, 3.8) is 0 Å². The number of thiazole rings is 1. The van der Waals surface area contributed by atoms with Gasteiger partial charge >= 0.3 is 0 Å². The number of rotatable bonds is 5. The van der Waals surface area contributed by atoms with Crippen LogP contribution in [-0.4, -0.2) is 14.8 Å². The van der Waals surface area contributed by atoms with Crippen molar-refractivity contribution in [1.82, 2.24) is 20.2 Å². The van der Waals surface area contributed by atoms with Gasteiger partial charge in [0.15, 0.2) is 0 Å². The second-order valence-electron chi connectivity index (χ2n) is 4.37. The number of aromatic nitrogens is 3. The molecular weight excluding hydrogens is 270 g/mol. The molecule has 0 bridgehead atoms. The summed E-state index contributed by atoms with van der Waals surface area (Å²) in [5, 5.41) is 7.59. The topological polar surface area (TPSA) is 68.8 Å². The molecule has 0 aliphatic heterocycles. The quantitative estimate of drug-likeness (QED) is 0.556. The van der Waals surface area contributed by atoms with Crippen molar-refractivity contribution in [1.29, 1.82) is 0 Å². The maximum absolute atomic E-state index is 5.65. The van der Waals surface area contributed by atoms with Gasteiger partial charge in [-0.25, -0.2) is 9.67 Å². The van der Waals surface area contributed by atoms with Crippen molar-refractivity contribution in [3.8, 4) is 5.69 Å². The van der Waals surface area contributed by atoms with Crippen molar-refractivity contribution >= 4 is 11.3 Å². The van der Waals surface area contributed by atoms with Crippen LogP contribution in [0.25, 0.3) is 5.69 Å². The maximum atomic E-state index is 5.65. The van der Waals surface area contributed by atoms with Crippen LogP contribution in [0.4, 0.5) is 0 Å². The second-order valence-corrected chi connectivity index (χ2v) is 5.35. The van der Waals surface area contributed by atoms with Crippen LogP contribution >= 0.6 is 11.3 Å². The minimum absolute atomic E-state index is 0.0360. The van der Waals surface area contributed by atoms with Gasteiger partial charge in [-0.2, -0.15) is 5.10 Å². The average Bonchev–Trinajstić information content (AvgIpc) is 3.17. The molecule has 2 aromatic heterocycles. The lowest BCUT2D eigenvalue weighted by atomic mass is 10.1. The highest BCUT2D eigenvalue weighted by Crippen LogP contribution is 2.18. The van der Waals surface area contributed by atoms with E-state index in [-0.39, 0.29) is 6.04 Å². The summed E-state index contributed by atoms with van der Waals surface area (Å²) in [5.74, 6) is 5.65. The number of para-hydroxylation sites is 1. The molecule has 0 amide bonds. The number of hydrogen-bond donors (Lipinski definition) is 2. The fourth-order valence-electron chi connectivity index (χ4n) is 2.03. The number of nitrogens with zero attached hydrogens (tertiary/aromatic N) is 3. The van der Waals surface area contributed by atoms with Crippen LogP contribution in [0.1, 0.15) is 16.7 Å². The predicted octanol–water partition coefficient (Wildman–Crippen LogP) is 2.08. The van der Waals surface area contributed by atoms with Crippen LogP contribution in [-0.2, 0) is 6.42 Å². The Morgan fingerprint density at radius 2 is 2.10 bits per heavy atom. The van der Waals surface area contributed by atoms with E-state index in [4.69, 9.17) is 5.84 Å². The van der Waals surface area contributed by atoms with Crippen LogP contribution in [0.5, 0.6) is 0 Å². The van der Waals surface area contributed by atoms with Gasteiger partial charge in [0.2, 0.25) is 0 Å². The summed E-state index contributed by atoms with van der Waals surface area (Å²) in [4.78, 5) is 4.28. The molecule has 20 heavy (non-hydrogen) atoms. The molecule has 1 aromatic carbocycles. The number of benzene rings is 1. The molecule has 0 aliphatic carbocycles. The molecule has 0 saturated heterocycles. The lowest BCUT2D eigenvalue weighted by molar-refractivity contribution is 0.532. The highest BCUT2D eigenvalue weighted by molar-refractivity contribution is 7.09. The van der Waals surface area contributed by atoms with E-state index in [2.05, 4.69) is 15.5 Å². The summed E-state index contributed by atoms with van der Waals surface area (Å²) in [7, 11) is 0. The molecule has 0 saturated carbocycles. The van der Waals surface area contributed by atoms with Crippen molar-refractivity contribution in [2.24, 2.45) is 5.84 Å². The monoisotopic (exact) mass is 285 g/mol. The molecule has 102 valence electrons. The standard InChI is InChI=1S/C14H15N5S/c15-17-13(10-14-16-7-9-20-14)12-6-8-19(18-12)11-4-2-1-3-5-11/h1-9,13,17H,10,15H2. The molecule has 0 fully saturated rings. The lowest BCUT2D eigenvalue weighted by Crippen LogP contribution is -2.30. The number of hydrazine groups is 1. The first kappa shape index (κ1) is 13.0. The van der Waals surface area contributed by atoms with Crippen molar-refractivity contribution in [3.05, 3.63) is 64.9 Å². The second kappa shape index (κ2) is 5.96. The molecule has 3 aromatic rings. The Bertz CT molecular complexity index is 647. The van der Waals surface area contributed by atoms with Crippen LogP contribution in [0, 0.1) is 0 Å². The van der Waals surface area contributed by atoms with E-state index >= 15 is 0 Å². The Hall–Kier alpha value is -2.02. The summed E-state index contributed by atoms with van der Waals surface area (Å²) in [5.41, 5.74) is 4.75. The largest absolute Gasteiger partial charge is 0.271 e. The van der Waals surface area contributed by atoms with Crippen molar-refractivity contribution in [2.45, 2.75) is 12.5 Å². The fourth-order valence-corrected chi connectivity index (χ4v) is 2.69. The van der Waals surface area contributed by atoms with Gasteiger partial charge in [0.1, 0.15) is 0 Å². The molecule has 0 aliphatic rings. The van der Waals surface area contributed by atoms with Gasteiger partial charge < -0.3 is 0 Å². The molecule has 3 N–H and O–H groups in total. The van der Waals surface area contributed by atoms with Gasteiger partial charge in [0, 0.05) is 24.2 Å². The Labute approximate surface area is 121 Å². The summed E-state index contributed by atoms with van der Waals surface area (Å²) >= 11 is 1.62. The van der Waals surface area contributed by atoms with Gasteiger partial charge in [0.05, 0.1) is 22.4 Å².